The van der Waals surface area contributed by atoms with Crippen molar-refractivity contribution in [2.45, 2.75) is 0 Å². The first kappa shape index (κ1) is 29.4. The second-order valence-corrected chi connectivity index (χ2v) is 13.2. The van der Waals surface area contributed by atoms with Crippen molar-refractivity contribution < 1.29 is 0 Å². The molecule has 0 aliphatic rings. The molecule has 0 bridgehead atoms. The van der Waals surface area contributed by atoms with Crippen molar-refractivity contribution in [1.82, 2.24) is 33.6 Å². The number of aromatic nitrogens is 7. The highest BCUT2D eigenvalue weighted by atomic mass is 15.3. The van der Waals surface area contributed by atoms with Gasteiger partial charge in [0, 0.05) is 38.4 Å². The van der Waals surface area contributed by atoms with E-state index < -0.39 is 0 Å². The number of imidazole rings is 1. The summed E-state index contributed by atoms with van der Waals surface area (Å²) < 4.78 is 6.68. The Bertz CT molecular complexity index is 3060. The lowest BCUT2D eigenvalue weighted by Crippen LogP contribution is -2.11. The third kappa shape index (κ3) is 4.54. The predicted octanol–water partition coefficient (Wildman–Crippen LogP) is 10.7. The number of fused-ring (bicyclic) bond motifs is 7. The third-order valence-corrected chi connectivity index (χ3v) is 10.1. The van der Waals surface area contributed by atoms with Gasteiger partial charge in [0.2, 0.25) is 11.9 Å². The zero-order valence-corrected chi connectivity index (χ0v) is 28.4. The van der Waals surface area contributed by atoms with Gasteiger partial charge in [-0.3, -0.25) is 4.57 Å². The van der Waals surface area contributed by atoms with Crippen molar-refractivity contribution in [3.63, 3.8) is 0 Å². The zero-order valence-electron chi connectivity index (χ0n) is 28.4. The molecule has 0 saturated carbocycles. The Balaban J connectivity index is 1.20. The fourth-order valence-corrected chi connectivity index (χ4v) is 7.77. The van der Waals surface area contributed by atoms with Crippen LogP contribution >= 0.6 is 0 Å². The monoisotopic (exact) mass is 679 g/mol. The van der Waals surface area contributed by atoms with Gasteiger partial charge in [0.1, 0.15) is 0 Å². The molecule has 11 rings (SSSR count). The van der Waals surface area contributed by atoms with Crippen molar-refractivity contribution in [3.8, 4) is 40.4 Å². The van der Waals surface area contributed by atoms with Crippen LogP contribution in [0.25, 0.3) is 95.0 Å². The quantitative estimate of drug-likeness (QED) is 0.182. The highest BCUT2D eigenvalue weighted by molar-refractivity contribution is 6.12. The fraction of sp³-hybridized carbons (Fsp3) is 0. The fourth-order valence-electron chi connectivity index (χ4n) is 7.77. The van der Waals surface area contributed by atoms with Crippen LogP contribution < -0.4 is 0 Å². The topological polar surface area (TPSA) is 66.3 Å². The summed E-state index contributed by atoms with van der Waals surface area (Å²) in [5.41, 5.74) is 9.10. The first-order valence-corrected chi connectivity index (χ1v) is 17.7. The molecule has 7 heteroatoms. The Kier molecular flexibility index (Phi) is 6.42. The molecular formula is C46H29N7. The van der Waals surface area contributed by atoms with Crippen LogP contribution in [0, 0.1) is 0 Å². The molecule has 248 valence electrons. The second-order valence-electron chi connectivity index (χ2n) is 13.2. The van der Waals surface area contributed by atoms with Gasteiger partial charge in [-0.25, -0.2) is 14.5 Å². The molecule has 0 aliphatic carbocycles. The number of hydrogen-bond donors (Lipinski definition) is 0. The largest absolute Gasteiger partial charge is 0.309 e. The van der Waals surface area contributed by atoms with Crippen molar-refractivity contribution in [1.29, 1.82) is 0 Å². The Morgan fingerprint density at radius 2 is 0.792 bits per heavy atom. The normalized spacial score (nSPS) is 11.8. The van der Waals surface area contributed by atoms with Crippen LogP contribution in [0.1, 0.15) is 0 Å². The molecule has 53 heavy (non-hydrogen) atoms. The van der Waals surface area contributed by atoms with Gasteiger partial charge < -0.3 is 4.57 Å². The summed E-state index contributed by atoms with van der Waals surface area (Å²) >= 11 is 0. The Morgan fingerprint density at radius 3 is 1.40 bits per heavy atom. The van der Waals surface area contributed by atoms with E-state index >= 15 is 0 Å². The number of rotatable bonds is 5. The molecule has 7 nitrogen and oxygen atoms in total. The summed E-state index contributed by atoms with van der Waals surface area (Å²) in [6, 6.07) is 60.9. The molecule has 11 aromatic rings. The zero-order chi connectivity index (χ0) is 34.9. The highest BCUT2D eigenvalue weighted by Crippen LogP contribution is 2.38. The number of hydrogen-bond acceptors (Lipinski definition) is 4. The maximum Gasteiger partial charge on any atom is 0.241 e. The van der Waals surface area contributed by atoms with E-state index in [2.05, 4.69) is 111 Å². The van der Waals surface area contributed by atoms with E-state index in [0.717, 1.165) is 49.7 Å². The van der Waals surface area contributed by atoms with Gasteiger partial charge in [-0.1, -0.05) is 127 Å². The summed E-state index contributed by atoms with van der Waals surface area (Å²) in [6.07, 6.45) is 0. The highest BCUT2D eigenvalue weighted by Gasteiger charge is 2.23. The SMILES string of the molecule is c1ccc(-c2nc(-c3ccccc3)nc(-n3c(-n4c5ccccc5c5cc(-n6c7ccccc7c7ccccc76)ccc54)nc4ccccc43)n2)cc1. The second kappa shape index (κ2) is 11.6. The molecule has 4 heterocycles. The summed E-state index contributed by atoms with van der Waals surface area (Å²) in [5.74, 6) is 2.38. The maximum absolute atomic E-state index is 5.31. The summed E-state index contributed by atoms with van der Waals surface area (Å²) in [5, 5.41) is 4.74. The van der Waals surface area contributed by atoms with Gasteiger partial charge >= 0.3 is 0 Å². The van der Waals surface area contributed by atoms with Gasteiger partial charge in [-0.05, 0) is 48.5 Å². The van der Waals surface area contributed by atoms with Crippen LogP contribution in [-0.4, -0.2) is 33.6 Å². The maximum atomic E-state index is 5.31. The van der Waals surface area contributed by atoms with Gasteiger partial charge in [-0.15, -0.1) is 0 Å². The van der Waals surface area contributed by atoms with Crippen molar-refractivity contribution in [3.05, 3.63) is 176 Å². The molecule has 0 spiro atoms. The van der Waals surface area contributed by atoms with E-state index in [1.807, 2.05) is 78.9 Å². The minimum absolute atomic E-state index is 0.495. The Morgan fingerprint density at radius 1 is 0.321 bits per heavy atom. The van der Waals surface area contributed by atoms with Gasteiger partial charge in [-0.2, -0.15) is 9.97 Å². The van der Waals surface area contributed by atoms with Crippen LogP contribution in [0.15, 0.2) is 176 Å². The van der Waals surface area contributed by atoms with E-state index in [9.17, 15) is 0 Å². The van der Waals surface area contributed by atoms with Crippen molar-refractivity contribution in [2.75, 3.05) is 0 Å². The smallest absolute Gasteiger partial charge is 0.241 e. The lowest BCUT2D eigenvalue weighted by molar-refractivity contribution is 0.876. The minimum atomic E-state index is 0.495. The number of para-hydroxylation sites is 5. The molecule has 4 aromatic heterocycles. The molecule has 0 saturated heterocycles. The predicted molar refractivity (Wildman–Crippen MR) is 214 cm³/mol. The number of benzene rings is 7. The first-order valence-electron chi connectivity index (χ1n) is 17.7. The van der Waals surface area contributed by atoms with E-state index in [0.29, 0.717) is 23.5 Å². The Hall–Kier alpha value is -7.38. The molecule has 0 N–H and O–H groups in total. The third-order valence-electron chi connectivity index (χ3n) is 10.1. The van der Waals surface area contributed by atoms with Crippen LogP contribution in [0.5, 0.6) is 0 Å². The molecule has 7 aromatic carbocycles. The van der Waals surface area contributed by atoms with Crippen molar-refractivity contribution >= 4 is 54.6 Å². The molecule has 0 aliphatic heterocycles. The van der Waals surface area contributed by atoms with Crippen molar-refractivity contribution in [2.24, 2.45) is 0 Å². The lowest BCUT2D eigenvalue weighted by atomic mass is 10.1. The van der Waals surface area contributed by atoms with Gasteiger partial charge in [0.25, 0.3) is 0 Å². The van der Waals surface area contributed by atoms with E-state index in [4.69, 9.17) is 19.9 Å². The summed E-state index contributed by atoms with van der Waals surface area (Å²) in [7, 11) is 0. The standard InChI is InChI=1S/C46H29N7/c1-3-15-30(16-4-1)43-48-44(31-17-5-2-6-18-31)50-45(49-43)53-42-26-14-10-22-37(42)47-46(53)52-40-25-13-9-21-35(40)36-29-32(27-28-41(36)52)51-38-23-11-7-19-33(38)34-20-8-12-24-39(34)51/h1-29H. The molecule has 0 atom stereocenters. The Labute approximate surface area is 303 Å². The van der Waals surface area contributed by atoms with Crippen LogP contribution in [0.3, 0.4) is 0 Å². The van der Waals surface area contributed by atoms with Gasteiger partial charge in [0.05, 0.1) is 33.1 Å². The van der Waals surface area contributed by atoms with Gasteiger partial charge in [0.15, 0.2) is 11.6 Å². The van der Waals surface area contributed by atoms with E-state index in [1.54, 1.807) is 0 Å². The lowest BCUT2D eigenvalue weighted by Gasteiger charge is -2.13. The van der Waals surface area contributed by atoms with E-state index in [-0.39, 0.29) is 0 Å². The van der Waals surface area contributed by atoms with Crippen LogP contribution in [0.4, 0.5) is 0 Å². The summed E-state index contributed by atoms with van der Waals surface area (Å²) in [6.45, 7) is 0. The molecule has 0 fully saturated rings. The first-order chi connectivity index (χ1) is 26.3. The molecule has 0 unspecified atom stereocenters. The minimum Gasteiger partial charge on any atom is -0.309 e. The van der Waals surface area contributed by atoms with Crippen LogP contribution in [-0.2, 0) is 0 Å². The molecular weight excluding hydrogens is 651 g/mol. The average Bonchev–Trinajstić information content (AvgIpc) is 3.89. The number of nitrogens with zero attached hydrogens (tertiary/aromatic N) is 7. The van der Waals surface area contributed by atoms with Crippen LogP contribution in [0.2, 0.25) is 0 Å². The molecule has 0 amide bonds. The van der Waals surface area contributed by atoms with E-state index in [1.165, 1.54) is 21.8 Å². The average molecular weight is 680 g/mol. The summed E-state index contributed by atoms with van der Waals surface area (Å²) in [4.78, 5) is 20.6. The molecule has 0 radical (unpaired) electrons.